The van der Waals surface area contributed by atoms with Gasteiger partial charge in [0.2, 0.25) is 0 Å². The molecule has 0 spiro atoms. The highest BCUT2D eigenvalue weighted by Crippen LogP contribution is 2.18. The molecule has 22 heavy (non-hydrogen) atoms. The second-order valence-corrected chi connectivity index (χ2v) is 5.85. The number of carbonyl (C=O) groups excluding carboxylic acids is 1. The van der Waals surface area contributed by atoms with E-state index in [1.54, 1.807) is 43.5 Å². The zero-order chi connectivity index (χ0) is 16.5. The van der Waals surface area contributed by atoms with Crippen LogP contribution >= 0.6 is 0 Å². The molecule has 0 saturated carbocycles. The van der Waals surface area contributed by atoms with Gasteiger partial charge in [0.25, 0.3) is 0 Å². The number of imidazole rings is 1. The fraction of sp³-hybridized carbons (Fsp3) is 0.500. The number of fused-ring (bicyclic) bond motifs is 1. The van der Waals surface area contributed by atoms with Crippen LogP contribution in [0, 0.1) is 0 Å². The molecule has 1 aromatic heterocycles. The molecule has 0 amide bonds. The van der Waals surface area contributed by atoms with Crippen LogP contribution in [0.2, 0.25) is 0 Å². The van der Waals surface area contributed by atoms with E-state index < -0.39 is 11.6 Å². The highest BCUT2D eigenvalue weighted by molar-refractivity contribution is 5.93. The van der Waals surface area contributed by atoms with Crippen LogP contribution in [0.15, 0.2) is 23.0 Å². The van der Waals surface area contributed by atoms with Crippen LogP contribution in [0.25, 0.3) is 11.0 Å². The minimum Gasteiger partial charge on any atom is -0.462 e. The first-order valence-electron chi connectivity index (χ1n) is 7.41. The quantitative estimate of drug-likeness (QED) is 0.854. The third-order valence-corrected chi connectivity index (χ3v) is 3.39. The van der Waals surface area contributed by atoms with Crippen LogP contribution in [0.5, 0.6) is 0 Å². The molecular formula is C16H22N2O4. The van der Waals surface area contributed by atoms with Gasteiger partial charge in [0.1, 0.15) is 0 Å². The summed E-state index contributed by atoms with van der Waals surface area (Å²) in [6.07, 6.45) is 0. The number of benzene rings is 1. The Morgan fingerprint density at radius 3 is 2.45 bits per heavy atom. The fourth-order valence-electron chi connectivity index (χ4n) is 2.51. The van der Waals surface area contributed by atoms with Crippen LogP contribution in [-0.4, -0.2) is 32.4 Å². The largest absolute Gasteiger partial charge is 0.462 e. The second kappa shape index (κ2) is 5.96. The van der Waals surface area contributed by atoms with Gasteiger partial charge in [0, 0.05) is 6.54 Å². The Hall–Kier alpha value is -2.08. The fourth-order valence-corrected chi connectivity index (χ4v) is 2.51. The van der Waals surface area contributed by atoms with Gasteiger partial charge in [-0.25, -0.2) is 9.59 Å². The van der Waals surface area contributed by atoms with Crippen molar-refractivity contribution in [2.75, 3.05) is 6.61 Å². The van der Waals surface area contributed by atoms with E-state index in [2.05, 4.69) is 0 Å². The Kier molecular flexibility index (Phi) is 4.42. The number of aromatic nitrogens is 2. The van der Waals surface area contributed by atoms with Crippen LogP contribution in [0.1, 0.15) is 38.1 Å². The van der Waals surface area contributed by atoms with Crippen molar-refractivity contribution in [3.05, 3.63) is 34.2 Å². The van der Waals surface area contributed by atoms with Gasteiger partial charge in [-0.05, 0) is 45.9 Å². The molecule has 1 heterocycles. The third kappa shape index (κ3) is 3.06. The molecule has 2 rings (SSSR count). The molecule has 0 unspecified atom stereocenters. The number of aliphatic hydroxyl groups is 1. The minimum absolute atomic E-state index is 0.154. The molecular weight excluding hydrogens is 284 g/mol. The molecule has 0 saturated heterocycles. The number of esters is 1. The molecule has 1 aromatic carbocycles. The molecule has 0 radical (unpaired) electrons. The monoisotopic (exact) mass is 306 g/mol. The van der Waals surface area contributed by atoms with Gasteiger partial charge in [0.05, 0.1) is 35.3 Å². The Bertz CT molecular complexity index is 750. The van der Waals surface area contributed by atoms with E-state index in [-0.39, 0.29) is 12.2 Å². The highest BCUT2D eigenvalue weighted by Gasteiger charge is 2.20. The van der Waals surface area contributed by atoms with Crippen molar-refractivity contribution in [2.45, 2.75) is 46.4 Å². The Balaban J connectivity index is 2.65. The van der Waals surface area contributed by atoms with Gasteiger partial charge in [-0.15, -0.1) is 0 Å². The van der Waals surface area contributed by atoms with E-state index in [4.69, 9.17) is 4.74 Å². The summed E-state index contributed by atoms with van der Waals surface area (Å²) in [6, 6.07) is 5.04. The van der Waals surface area contributed by atoms with E-state index in [9.17, 15) is 14.7 Å². The molecule has 0 aliphatic carbocycles. The predicted molar refractivity (Wildman–Crippen MR) is 84.1 cm³/mol. The lowest BCUT2D eigenvalue weighted by atomic mass is 10.1. The van der Waals surface area contributed by atoms with Crippen molar-refractivity contribution in [1.29, 1.82) is 0 Å². The first-order valence-corrected chi connectivity index (χ1v) is 7.41. The van der Waals surface area contributed by atoms with Crippen molar-refractivity contribution >= 4 is 17.0 Å². The third-order valence-electron chi connectivity index (χ3n) is 3.39. The SMILES string of the molecule is CCOC(=O)c1ccc2c(c1)n(CC(C)(C)O)c(=O)n2CC. The molecule has 120 valence electrons. The zero-order valence-corrected chi connectivity index (χ0v) is 13.4. The van der Waals surface area contributed by atoms with Crippen molar-refractivity contribution in [2.24, 2.45) is 0 Å². The Labute approximate surface area is 128 Å². The van der Waals surface area contributed by atoms with Gasteiger partial charge < -0.3 is 9.84 Å². The Morgan fingerprint density at radius 2 is 1.91 bits per heavy atom. The van der Waals surface area contributed by atoms with Crippen LogP contribution in [0.4, 0.5) is 0 Å². The molecule has 0 aliphatic heterocycles. The first-order chi connectivity index (χ1) is 10.3. The average Bonchev–Trinajstić information content (AvgIpc) is 2.69. The Morgan fingerprint density at radius 1 is 1.23 bits per heavy atom. The maximum Gasteiger partial charge on any atom is 0.338 e. The lowest BCUT2D eigenvalue weighted by molar-refractivity contribution is 0.0526. The summed E-state index contributed by atoms with van der Waals surface area (Å²) in [7, 11) is 0. The summed E-state index contributed by atoms with van der Waals surface area (Å²) in [5.74, 6) is -0.420. The van der Waals surface area contributed by atoms with Gasteiger partial charge in [-0.2, -0.15) is 0 Å². The van der Waals surface area contributed by atoms with Crippen molar-refractivity contribution in [3.8, 4) is 0 Å². The molecule has 2 aromatic rings. The summed E-state index contributed by atoms with van der Waals surface area (Å²) in [5, 5.41) is 10.0. The van der Waals surface area contributed by atoms with Crippen molar-refractivity contribution in [3.63, 3.8) is 0 Å². The normalized spacial score (nSPS) is 11.9. The van der Waals surface area contributed by atoms with Gasteiger partial charge in [0.15, 0.2) is 0 Å². The van der Waals surface area contributed by atoms with E-state index in [1.165, 1.54) is 4.57 Å². The van der Waals surface area contributed by atoms with Gasteiger partial charge in [-0.1, -0.05) is 0 Å². The number of carbonyl (C=O) groups is 1. The molecule has 6 heteroatoms. The number of aryl methyl sites for hydroxylation is 1. The highest BCUT2D eigenvalue weighted by atomic mass is 16.5. The molecule has 0 atom stereocenters. The van der Waals surface area contributed by atoms with Crippen LogP contribution < -0.4 is 5.69 Å². The van der Waals surface area contributed by atoms with Crippen LogP contribution in [0.3, 0.4) is 0 Å². The smallest absolute Gasteiger partial charge is 0.338 e. The van der Waals surface area contributed by atoms with Crippen molar-refractivity contribution < 1.29 is 14.6 Å². The van der Waals surface area contributed by atoms with Gasteiger partial charge >= 0.3 is 11.7 Å². The summed E-state index contributed by atoms with van der Waals surface area (Å²) >= 11 is 0. The summed E-state index contributed by atoms with van der Waals surface area (Å²) in [6.45, 7) is 7.88. The number of hydrogen-bond donors (Lipinski definition) is 1. The molecule has 6 nitrogen and oxygen atoms in total. The summed E-state index contributed by atoms with van der Waals surface area (Å²) in [5.41, 5.74) is 0.536. The van der Waals surface area contributed by atoms with E-state index in [0.29, 0.717) is 24.2 Å². The number of ether oxygens (including phenoxy) is 1. The zero-order valence-electron chi connectivity index (χ0n) is 13.4. The van der Waals surface area contributed by atoms with E-state index >= 15 is 0 Å². The minimum atomic E-state index is -1.03. The predicted octanol–water partition coefficient (Wildman–Crippen LogP) is 1.77. The summed E-state index contributed by atoms with van der Waals surface area (Å²) in [4.78, 5) is 24.4. The lowest BCUT2D eigenvalue weighted by Crippen LogP contribution is -2.33. The van der Waals surface area contributed by atoms with E-state index in [1.807, 2.05) is 6.92 Å². The maximum atomic E-state index is 12.5. The van der Waals surface area contributed by atoms with E-state index in [0.717, 1.165) is 5.52 Å². The standard InChI is InChI=1S/C16H22N2O4/c1-5-17-12-8-7-11(14(19)22-6-2)9-13(12)18(15(17)20)10-16(3,4)21/h7-9,21H,5-6,10H2,1-4H3. The van der Waals surface area contributed by atoms with Crippen molar-refractivity contribution in [1.82, 2.24) is 9.13 Å². The first kappa shape index (κ1) is 16.3. The van der Waals surface area contributed by atoms with Crippen LogP contribution in [-0.2, 0) is 17.8 Å². The molecule has 0 bridgehead atoms. The molecule has 0 fully saturated rings. The number of nitrogens with zero attached hydrogens (tertiary/aromatic N) is 2. The summed E-state index contributed by atoms with van der Waals surface area (Å²) < 4.78 is 8.12. The number of rotatable bonds is 5. The number of hydrogen-bond acceptors (Lipinski definition) is 4. The topological polar surface area (TPSA) is 73.5 Å². The average molecular weight is 306 g/mol. The molecule has 1 N–H and O–H groups in total. The second-order valence-electron chi connectivity index (χ2n) is 5.85. The maximum absolute atomic E-state index is 12.5. The van der Waals surface area contributed by atoms with Gasteiger partial charge in [-0.3, -0.25) is 9.13 Å². The molecule has 0 aliphatic rings. The lowest BCUT2D eigenvalue weighted by Gasteiger charge is -2.17.